The molecule has 0 amide bonds. The number of hydrogen-bond donors (Lipinski definition) is 1. The van der Waals surface area contributed by atoms with E-state index in [0.717, 1.165) is 30.6 Å². The van der Waals surface area contributed by atoms with E-state index in [1.807, 2.05) is 24.3 Å². The zero-order valence-corrected chi connectivity index (χ0v) is 12.7. The van der Waals surface area contributed by atoms with Gasteiger partial charge in [0.2, 0.25) is 0 Å². The van der Waals surface area contributed by atoms with Crippen LogP contribution in [0.4, 0.5) is 0 Å². The highest BCUT2D eigenvalue weighted by atomic mass is 16.5. The van der Waals surface area contributed by atoms with Crippen LogP contribution in [-0.4, -0.2) is 17.7 Å². The number of carboxylic acid groups (broad SMARTS) is 1. The van der Waals surface area contributed by atoms with Gasteiger partial charge in [-0.2, -0.15) is 0 Å². The van der Waals surface area contributed by atoms with Gasteiger partial charge in [-0.25, -0.2) is 0 Å². The summed E-state index contributed by atoms with van der Waals surface area (Å²) in [4.78, 5) is 12.3. The van der Waals surface area contributed by atoms with Gasteiger partial charge in [-0.3, -0.25) is 4.79 Å². The van der Waals surface area contributed by atoms with E-state index in [0.29, 0.717) is 18.9 Å². The average Bonchev–Trinajstić information content (AvgIpc) is 2.54. The molecule has 3 heteroatoms. The molecule has 2 aliphatic rings. The summed E-state index contributed by atoms with van der Waals surface area (Å²) in [6, 6.07) is 7.74. The number of carbonyl (C=O) groups is 1. The van der Waals surface area contributed by atoms with E-state index in [1.165, 1.54) is 12.8 Å². The largest absolute Gasteiger partial charge is 0.493 e. The lowest BCUT2D eigenvalue weighted by Gasteiger charge is -2.46. The van der Waals surface area contributed by atoms with Crippen LogP contribution in [0.15, 0.2) is 24.3 Å². The smallest absolute Gasteiger partial charge is 0.314 e. The molecule has 1 aromatic carbocycles. The molecule has 0 radical (unpaired) electrons. The number of rotatable bonds is 3. The van der Waals surface area contributed by atoms with Crippen molar-refractivity contribution in [3.05, 3.63) is 29.8 Å². The molecule has 1 fully saturated rings. The third kappa shape index (κ3) is 2.23. The highest BCUT2D eigenvalue weighted by Crippen LogP contribution is 2.51. The predicted molar refractivity (Wildman–Crippen MR) is 81.6 cm³/mol. The third-order valence-corrected chi connectivity index (χ3v) is 5.57. The lowest BCUT2D eigenvalue weighted by atomic mass is 9.58. The van der Waals surface area contributed by atoms with Crippen LogP contribution in [0.5, 0.6) is 5.75 Å². The van der Waals surface area contributed by atoms with E-state index in [4.69, 9.17) is 4.74 Å². The molecule has 1 saturated carbocycles. The fourth-order valence-electron chi connectivity index (χ4n) is 4.53. The second-order valence-electron chi connectivity index (χ2n) is 6.43. The van der Waals surface area contributed by atoms with Crippen LogP contribution in [0.2, 0.25) is 0 Å². The zero-order chi connectivity index (χ0) is 14.9. The molecular formula is C18H24O3. The highest BCUT2D eigenvalue weighted by molar-refractivity contribution is 5.83. The highest BCUT2D eigenvalue weighted by Gasteiger charge is 2.52. The van der Waals surface area contributed by atoms with Gasteiger partial charge >= 0.3 is 5.97 Å². The Balaban J connectivity index is 2.11. The van der Waals surface area contributed by atoms with E-state index in [1.54, 1.807) is 0 Å². The van der Waals surface area contributed by atoms with Gasteiger partial charge in [0, 0.05) is 12.0 Å². The van der Waals surface area contributed by atoms with Gasteiger partial charge in [-0.15, -0.1) is 0 Å². The van der Waals surface area contributed by atoms with E-state index in [9.17, 15) is 9.90 Å². The molecule has 0 bridgehead atoms. The monoisotopic (exact) mass is 288 g/mol. The number of ether oxygens (including phenoxy) is 1. The van der Waals surface area contributed by atoms with Crippen molar-refractivity contribution in [2.75, 3.05) is 6.61 Å². The minimum atomic E-state index is -0.754. The Bertz CT molecular complexity index is 525. The molecule has 114 valence electrons. The molecule has 3 nitrogen and oxygen atoms in total. The van der Waals surface area contributed by atoms with E-state index < -0.39 is 11.4 Å². The quantitative estimate of drug-likeness (QED) is 0.914. The molecule has 0 saturated heterocycles. The van der Waals surface area contributed by atoms with Crippen LogP contribution in [-0.2, 0) is 10.2 Å². The van der Waals surface area contributed by atoms with Gasteiger partial charge in [-0.1, -0.05) is 50.8 Å². The van der Waals surface area contributed by atoms with Gasteiger partial charge < -0.3 is 9.84 Å². The summed E-state index contributed by atoms with van der Waals surface area (Å²) < 4.78 is 5.73. The molecule has 1 aliphatic heterocycles. The molecule has 1 aliphatic carbocycles. The van der Waals surface area contributed by atoms with Crippen molar-refractivity contribution in [2.45, 2.75) is 50.9 Å². The normalized spacial score (nSPS) is 32.0. The molecule has 3 rings (SSSR count). The van der Waals surface area contributed by atoms with Crippen molar-refractivity contribution in [1.82, 2.24) is 0 Å². The number of aliphatic carboxylic acids is 1. The first-order valence-electron chi connectivity index (χ1n) is 8.16. The Morgan fingerprint density at radius 1 is 1.33 bits per heavy atom. The van der Waals surface area contributed by atoms with Crippen LogP contribution in [0.25, 0.3) is 0 Å². The van der Waals surface area contributed by atoms with Crippen molar-refractivity contribution in [1.29, 1.82) is 0 Å². The van der Waals surface area contributed by atoms with Gasteiger partial charge in [-0.05, 0) is 24.3 Å². The maximum absolute atomic E-state index is 12.3. The molecule has 1 heterocycles. The Hall–Kier alpha value is -1.51. The molecule has 3 unspecified atom stereocenters. The summed E-state index contributed by atoms with van der Waals surface area (Å²) in [5.41, 5.74) is 0.143. The summed E-state index contributed by atoms with van der Waals surface area (Å²) in [5, 5.41) is 10.1. The number of benzene rings is 1. The predicted octanol–water partition coefficient (Wildman–Crippen LogP) is 4.01. The minimum Gasteiger partial charge on any atom is -0.493 e. The Labute approximate surface area is 126 Å². The molecular weight excluding hydrogens is 264 g/mol. The molecule has 0 aromatic heterocycles. The first-order valence-corrected chi connectivity index (χ1v) is 8.16. The summed E-state index contributed by atoms with van der Waals surface area (Å²) in [7, 11) is 0. The molecule has 21 heavy (non-hydrogen) atoms. The maximum atomic E-state index is 12.3. The first kappa shape index (κ1) is 14.4. The number of fused-ring (bicyclic) bond motifs is 1. The minimum absolute atomic E-state index is 0.235. The second kappa shape index (κ2) is 5.70. The SMILES string of the molecule is CCC1CCCCC1C1(C(=O)O)CCOc2ccccc21. The van der Waals surface area contributed by atoms with Crippen molar-refractivity contribution >= 4 is 5.97 Å². The van der Waals surface area contributed by atoms with E-state index in [2.05, 4.69) is 6.92 Å². The van der Waals surface area contributed by atoms with Crippen molar-refractivity contribution in [3.63, 3.8) is 0 Å². The second-order valence-corrected chi connectivity index (χ2v) is 6.43. The van der Waals surface area contributed by atoms with Crippen molar-refractivity contribution in [3.8, 4) is 5.75 Å². The fraction of sp³-hybridized carbons (Fsp3) is 0.611. The van der Waals surface area contributed by atoms with Crippen LogP contribution in [0.1, 0.15) is 51.0 Å². The number of carboxylic acids is 1. The van der Waals surface area contributed by atoms with Crippen LogP contribution in [0, 0.1) is 11.8 Å². The fourth-order valence-corrected chi connectivity index (χ4v) is 4.53. The summed E-state index contributed by atoms with van der Waals surface area (Å²) in [6.07, 6.45) is 6.25. The third-order valence-electron chi connectivity index (χ3n) is 5.57. The van der Waals surface area contributed by atoms with Gasteiger partial charge in [0.1, 0.15) is 11.2 Å². The Morgan fingerprint density at radius 2 is 2.10 bits per heavy atom. The first-order chi connectivity index (χ1) is 10.2. The summed E-state index contributed by atoms with van der Waals surface area (Å²) in [6.45, 7) is 2.71. The van der Waals surface area contributed by atoms with Gasteiger partial charge in [0.05, 0.1) is 6.61 Å². The maximum Gasteiger partial charge on any atom is 0.314 e. The Kier molecular flexibility index (Phi) is 3.92. The molecule has 0 spiro atoms. The van der Waals surface area contributed by atoms with Crippen molar-refractivity contribution < 1.29 is 14.6 Å². The van der Waals surface area contributed by atoms with Crippen LogP contribution < -0.4 is 4.74 Å². The van der Waals surface area contributed by atoms with Crippen molar-refractivity contribution in [2.24, 2.45) is 11.8 Å². The lowest BCUT2D eigenvalue weighted by Crippen LogP contribution is -2.50. The van der Waals surface area contributed by atoms with Gasteiger partial charge in [0.25, 0.3) is 0 Å². The average molecular weight is 288 g/mol. The molecule has 3 atom stereocenters. The zero-order valence-electron chi connectivity index (χ0n) is 12.7. The standard InChI is InChI=1S/C18H24O3/c1-2-13-7-3-4-8-14(13)18(17(19)20)11-12-21-16-10-6-5-9-15(16)18/h5-6,9-10,13-14H,2-4,7-8,11-12H2,1H3,(H,19,20). The Morgan fingerprint density at radius 3 is 2.86 bits per heavy atom. The van der Waals surface area contributed by atoms with E-state index in [-0.39, 0.29) is 5.92 Å². The lowest BCUT2D eigenvalue weighted by molar-refractivity contribution is -0.150. The summed E-state index contributed by atoms with van der Waals surface area (Å²) in [5.74, 6) is 0.856. The summed E-state index contributed by atoms with van der Waals surface area (Å²) >= 11 is 0. The van der Waals surface area contributed by atoms with Gasteiger partial charge in [0.15, 0.2) is 0 Å². The van der Waals surface area contributed by atoms with Crippen LogP contribution in [0.3, 0.4) is 0 Å². The molecule has 1 aromatic rings. The number of para-hydroxylation sites is 1. The van der Waals surface area contributed by atoms with E-state index >= 15 is 0 Å². The van der Waals surface area contributed by atoms with Crippen LogP contribution >= 0.6 is 0 Å². The number of hydrogen-bond acceptors (Lipinski definition) is 2. The topological polar surface area (TPSA) is 46.5 Å². The molecule has 1 N–H and O–H groups in total.